The molecule has 4 nitrogen and oxygen atoms in total. The third kappa shape index (κ3) is 4.00. The normalized spacial score (nSPS) is 14.8. The second kappa shape index (κ2) is 6.71. The van der Waals surface area contributed by atoms with E-state index in [-0.39, 0.29) is 5.97 Å². The van der Waals surface area contributed by atoms with Gasteiger partial charge in [0.15, 0.2) is 0 Å². The Kier molecular flexibility index (Phi) is 5.28. The molecule has 1 N–H and O–H groups in total. The lowest BCUT2D eigenvalue weighted by molar-refractivity contribution is -0.0892. The van der Waals surface area contributed by atoms with Crippen molar-refractivity contribution < 1.29 is 19.3 Å². The molecule has 123 valence electrons. The summed E-state index contributed by atoms with van der Waals surface area (Å²) >= 11 is 1.66. The summed E-state index contributed by atoms with van der Waals surface area (Å²) in [6.45, 7) is 7.15. The van der Waals surface area contributed by atoms with Crippen molar-refractivity contribution in [2.45, 2.75) is 43.8 Å². The van der Waals surface area contributed by atoms with Gasteiger partial charge in [0.05, 0.1) is 23.9 Å². The van der Waals surface area contributed by atoms with Crippen molar-refractivity contribution in [2.75, 3.05) is 12.9 Å². The van der Waals surface area contributed by atoms with Crippen LogP contribution >= 0.6 is 11.8 Å². The van der Waals surface area contributed by atoms with E-state index in [2.05, 4.69) is 6.08 Å². The predicted octanol–water partition coefficient (Wildman–Crippen LogP) is 3.11. The summed E-state index contributed by atoms with van der Waals surface area (Å²) in [5.74, 6) is 0.461. The number of thioether (sulfide) groups is 1. The van der Waals surface area contributed by atoms with E-state index < -0.39 is 11.2 Å². The molecule has 0 aromatic heterocycles. The molecule has 0 aliphatic carbocycles. The third-order valence-electron chi connectivity index (χ3n) is 4.21. The quantitative estimate of drug-likeness (QED) is 0.663. The Labute approximate surface area is 142 Å². The molecule has 1 aromatic rings. The average Bonchev–Trinajstić information content (AvgIpc) is 2.50. The molecule has 0 atom stereocenters. The minimum absolute atomic E-state index is 0.340. The first-order chi connectivity index (χ1) is 10.7. The van der Waals surface area contributed by atoms with Crippen LogP contribution in [0.5, 0.6) is 0 Å². The predicted molar refractivity (Wildman–Crippen MR) is 93.7 cm³/mol. The molecule has 0 saturated carbocycles. The molecule has 0 fully saturated rings. The minimum atomic E-state index is -0.967. The van der Waals surface area contributed by atoms with Gasteiger partial charge < -0.3 is 14.5 Å². The standard InChI is InChI=1S/C17H22BO4S/c1-16(2,20)17(3,4)22-18-13-8-9-23-14-10-11(15(19)21-5)6-7-12(13)14/h6-8,10,20H,9H2,1-5H3. The van der Waals surface area contributed by atoms with Crippen LogP contribution in [0, 0.1) is 0 Å². The van der Waals surface area contributed by atoms with E-state index in [1.165, 1.54) is 7.11 Å². The smallest absolute Gasteiger partial charge is 0.337 e. The highest BCUT2D eigenvalue weighted by Crippen LogP contribution is 2.35. The highest BCUT2D eigenvalue weighted by Gasteiger charge is 2.36. The summed E-state index contributed by atoms with van der Waals surface area (Å²) in [5.41, 5.74) is 0.820. The number of carbonyl (C=O) groups is 1. The second-order valence-corrected chi connectivity index (χ2v) is 7.54. The topological polar surface area (TPSA) is 55.8 Å². The SMILES string of the molecule is COC(=O)c1ccc2c(c1)SCC=C2[B]OC(C)(C)C(C)(C)O. The maximum absolute atomic E-state index is 11.6. The third-order valence-corrected chi connectivity index (χ3v) is 5.19. The summed E-state index contributed by atoms with van der Waals surface area (Å²) in [4.78, 5) is 12.7. The fraction of sp³-hybridized carbons (Fsp3) is 0.471. The van der Waals surface area contributed by atoms with E-state index in [1.807, 2.05) is 26.0 Å². The average molecular weight is 333 g/mol. The van der Waals surface area contributed by atoms with Crippen LogP contribution in [-0.4, -0.2) is 42.6 Å². The van der Waals surface area contributed by atoms with Crippen molar-refractivity contribution in [2.24, 2.45) is 0 Å². The van der Waals surface area contributed by atoms with Crippen LogP contribution in [-0.2, 0) is 9.39 Å². The number of hydrogen-bond donors (Lipinski definition) is 1. The van der Waals surface area contributed by atoms with Gasteiger partial charge >= 0.3 is 13.5 Å². The van der Waals surface area contributed by atoms with Gasteiger partial charge in [0.1, 0.15) is 0 Å². The molecule has 0 spiro atoms. The largest absolute Gasteiger partial charge is 0.465 e. The van der Waals surface area contributed by atoms with Gasteiger partial charge in [-0.05, 0) is 50.9 Å². The molecular formula is C17H22BO4S. The molecule has 0 amide bonds. The molecule has 0 bridgehead atoms. The first kappa shape index (κ1) is 18.1. The van der Waals surface area contributed by atoms with Gasteiger partial charge in [-0.15, -0.1) is 11.8 Å². The molecular weight excluding hydrogens is 311 g/mol. The van der Waals surface area contributed by atoms with E-state index in [1.54, 1.807) is 39.2 Å². The van der Waals surface area contributed by atoms with Crippen molar-refractivity contribution in [1.29, 1.82) is 0 Å². The zero-order valence-electron chi connectivity index (χ0n) is 14.2. The lowest BCUT2D eigenvalue weighted by atomic mass is 9.78. The monoisotopic (exact) mass is 333 g/mol. The van der Waals surface area contributed by atoms with Crippen LogP contribution in [0.4, 0.5) is 0 Å². The Hall–Kier alpha value is -1.24. The van der Waals surface area contributed by atoms with Crippen LogP contribution in [0.1, 0.15) is 43.6 Å². The van der Waals surface area contributed by atoms with E-state index >= 15 is 0 Å². The van der Waals surface area contributed by atoms with Crippen molar-refractivity contribution in [1.82, 2.24) is 0 Å². The Morgan fingerprint density at radius 1 is 1.30 bits per heavy atom. The number of benzene rings is 1. The summed E-state index contributed by atoms with van der Waals surface area (Å²) in [6.07, 6.45) is 2.07. The summed E-state index contributed by atoms with van der Waals surface area (Å²) < 4.78 is 10.6. The van der Waals surface area contributed by atoms with Crippen molar-refractivity contribution in [3.63, 3.8) is 0 Å². The zero-order valence-corrected chi connectivity index (χ0v) is 15.0. The minimum Gasteiger partial charge on any atom is -0.465 e. The number of methoxy groups -OCH3 is 1. The van der Waals surface area contributed by atoms with Gasteiger partial charge in [-0.3, -0.25) is 0 Å². The fourth-order valence-corrected chi connectivity index (χ4v) is 2.92. The van der Waals surface area contributed by atoms with Gasteiger partial charge in [0.25, 0.3) is 0 Å². The maximum Gasteiger partial charge on any atom is 0.337 e. The molecule has 1 heterocycles. The Bertz CT molecular complexity index is 632. The summed E-state index contributed by atoms with van der Waals surface area (Å²) in [6, 6.07) is 5.49. The second-order valence-electron chi connectivity index (χ2n) is 6.48. The van der Waals surface area contributed by atoms with E-state index in [9.17, 15) is 9.90 Å². The number of esters is 1. The van der Waals surface area contributed by atoms with Gasteiger partial charge in [-0.1, -0.05) is 12.1 Å². The molecule has 0 saturated heterocycles. The summed E-state index contributed by atoms with van der Waals surface area (Å²) in [5, 5.41) is 10.2. The number of rotatable bonds is 5. The zero-order chi connectivity index (χ0) is 17.3. The number of ether oxygens (including phenoxy) is 1. The number of aliphatic hydroxyl groups is 1. The fourth-order valence-electron chi connectivity index (χ4n) is 1.92. The van der Waals surface area contributed by atoms with Crippen molar-refractivity contribution in [3.05, 3.63) is 35.4 Å². The first-order valence-electron chi connectivity index (χ1n) is 7.45. The highest BCUT2D eigenvalue weighted by atomic mass is 32.2. The summed E-state index contributed by atoms with van der Waals surface area (Å²) in [7, 11) is 3.06. The van der Waals surface area contributed by atoms with Crippen LogP contribution in [0.2, 0.25) is 0 Å². The molecule has 1 aliphatic heterocycles. The molecule has 1 aromatic carbocycles. The molecule has 1 aliphatic rings. The maximum atomic E-state index is 11.6. The lowest BCUT2D eigenvalue weighted by Gasteiger charge is -2.38. The lowest BCUT2D eigenvalue weighted by Crippen LogP contribution is -2.48. The van der Waals surface area contributed by atoms with Crippen molar-refractivity contribution in [3.8, 4) is 0 Å². The number of hydrogen-bond acceptors (Lipinski definition) is 5. The van der Waals surface area contributed by atoms with E-state index in [4.69, 9.17) is 9.39 Å². The molecule has 23 heavy (non-hydrogen) atoms. The Morgan fingerprint density at radius 3 is 2.61 bits per heavy atom. The number of fused-ring (bicyclic) bond motifs is 1. The molecule has 2 rings (SSSR count). The molecule has 6 heteroatoms. The van der Waals surface area contributed by atoms with Crippen LogP contribution < -0.4 is 0 Å². The molecule has 1 radical (unpaired) electrons. The van der Waals surface area contributed by atoms with Crippen LogP contribution in [0.15, 0.2) is 29.2 Å². The highest BCUT2D eigenvalue weighted by molar-refractivity contribution is 7.99. The Morgan fingerprint density at radius 2 is 2.00 bits per heavy atom. The number of carbonyl (C=O) groups excluding carboxylic acids is 1. The van der Waals surface area contributed by atoms with E-state index in [0.29, 0.717) is 5.56 Å². The first-order valence-corrected chi connectivity index (χ1v) is 8.43. The van der Waals surface area contributed by atoms with Crippen molar-refractivity contribution >= 4 is 30.7 Å². The van der Waals surface area contributed by atoms with Gasteiger partial charge in [-0.2, -0.15) is 0 Å². The Balaban J connectivity index is 2.18. The van der Waals surface area contributed by atoms with E-state index in [0.717, 1.165) is 21.7 Å². The molecule has 0 unspecified atom stereocenters. The van der Waals surface area contributed by atoms with Gasteiger partial charge in [0.2, 0.25) is 0 Å². The van der Waals surface area contributed by atoms with Gasteiger partial charge in [0, 0.05) is 10.6 Å². The van der Waals surface area contributed by atoms with Crippen LogP contribution in [0.25, 0.3) is 5.47 Å². The van der Waals surface area contributed by atoms with Gasteiger partial charge in [-0.25, -0.2) is 4.79 Å². The van der Waals surface area contributed by atoms with Crippen LogP contribution in [0.3, 0.4) is 0 Å².